The number of aromatic nitrogens is 1. The van der Waals surface area contributed by atoms with E-state index in [2.05, 4.69) is 60.5 Å². The van der Waals surface area contributed by atoms with Crippen LogP contribution in [-0.4, -0.2) is 24.0 Å². The van der Waals surface area contributed by atoms with E-state index in [-0.39, 0.29) is 0 Å². The minimum absolute atomic E-state index is 0.483. The Morgan fingerprint density at radius 1 is 0.906 bits per heavy atom. The number of allylic oxidation sites excluding steroid dienone is 4. The summed E-state index contributed by atoms with van der Waals surface area (Å²) in [6.07, 6.45) is 8.03. The predicted molar refractivity (Wildman–Crippen MR) is 134 cm³/mol. The van der Waals surface area contributed by atoms with E-state index in [0.29, 0.717) is 6.61 Å². The van der Waals surface area contributed by atoms with Gasteiger partial charge in [-0.1, -0.05) is 68.0 Å². The highest BCUT2D eigenvalue weighted by Crippen LogP contribution is 2.23. The second-order valence-corrected chi connectivity index (χ2v) is 6.80. The number of hydrogen-bond donors (Lipinski definition) is 1. The van der Waals surface area contributed by atoms with Crippen LogP contribution in [-0.2, 0) is 17.8 Å². The molecule has 3 aromatic rings. The molecule has 4 rings (SSSR count). The fourth-order valence-electron chi connectivity index (χ4n) is 3.33. The molecule has 0 saturated carbocycles. The number of fused-ring (bicyclic) bond motifs is 1. The summed E-state index contributed by atoms with van der Waals surface area (Å²) >= 11 is 0. The highest BCUT2D eigenvalue weighted by atomic mass is 16.5. The number of rotatable bonds is 5. The number of carbonyl (C=O) groups is 1. The van der Waals surface area contributed by atoms with E-state index in [9.17, 15) is 0 Å². The monoisotopic (exact) mass is 433 g/mol. The molecule has 0 spiro atoms. The number of hydrogen-bond acceptors (Lipinski definition) is 4. The molecule has 0 saturated heterocycles. The minimum Gasteiger partial charge on any atom is -0.487 e. The molecule has 0 fully saturated rings. The maximum atomic E-state index is 8.00. The number of benzene rings is 2. The highest BCUT2D eigenvalue weighted by Gasteiger charge is 2.06. The summed E-state index contributed by atoms with van der Waals surface area (Å²) in [7, 11) is 1.00. The van der Waals surface area contributed by atoms with Crippen LogP contribution >= 0.6 is 0 Å². The van der Waals surface area contributed by atoms with Gasteiger partial charge in [-0.25, -0.2) is 4.98 Å². The molecule has 1 aliphatic carbocycles. The summed E-state index contributed by atoms with van der Waals surface area (Å²) in [6.45, 7) is 8.69. The molecule has 1 N–H and O–H groups in total. The van der Waals surface area contributed by atoms with Gasteiger partial charge in [-0.2, -0.15) is 0 Å². The van der Waals surface area contributed by atoms with E-state index in [1.807, 2.05) is 44.9 Å². The van der Waals surface area contributed by atoms with Crippen LogP contribution in [0, 0.1) is 0 Å². The lowest BCUT2D eigenvalue weighted by molar-refractivity contribution is -0.0979. The molecule has 1 aliphatic rings. The second-order valence-electron chi connectivity index (χ2n) is 6.80. The van der Waals surface area contributed by atoms with E-state index in [1.165, 1.54) is 23.1 Å². The predicted octanol–water partition coefficient (Wildman–Crippen LogP) is 6.47. The number of nitrogens with zero attached hydrogens (tertiary/aromatic N) is 1. The second kappa shape index (κ2) is 15.5. The average Bonchev–Trinajstić information content (AvgIpc) is 2.88. The molecular weight excluding hydrogens is 398 g/mol. The number of aliphatic hydroxyl groups excluding tert-OH is 1. The quantitative estimate of drug-likeness (QED) is 0.501. The summed E-state index contributed by atoms with van der Waals surface area (Å²) in [6, 6.07) is 20.7. The zero-order valence-electron chi connectivity index (χ0n) is 19.7. The number of para-hydroxylation sites is 1. The van der Waals surface area contributed by atoms with Crippen LogP contribution in [0.4, 0.5) is 0 Å². The van der Waals surface area contributed by atoms with Gasteiger partial charge in [0.2, 0.25) is 0 Å². The summed E-state index contributed by atoms with van der Waals surface area (Å²) in [5.74, 6) is 0.883. The van der Waals surface area contributed by atoms with Gasteiger partial charge in [0.05, 0.1) is 11.2 Å². The largest absolute Gasteiger partial charge is 0.487 e. The summed E-state index contributed by atoms with van der Waals surface area (Å²) < 4.78 is 5.92. The third-order valence-corrected chi connectivity index (χ3v) is 4.88. The van der Waals surface area contributed by atoms with E-state index >= 15 is 0 Å². The molecule has 4 nitrogen and oxygen atoms in total. The molecule has 4 heteroatoms. The van der Waals surface area contributed by atoms with Crippen molar-refractivity contribution >= 4 is 17.7 Å². The molecule has 1 aromatic heterocycles. The minimum atomic E-state index is 0.483. The molecule has 0 atom stereocenters. The molecule has 2 aromatic carbocycles. The van der Waals surface area contributed by atoms with Crippen molar-refractivity contribution in [3.63, 3.8) is 0 Å². The molecule has 0 bridgehead atoms. The van der Waals surface area contributed by atoms with Gasteiger partial charge in [0.1, 0.15) is 19.1 Å². The van der Waals surface area contributed by atoms with Crippen LogP contribution in [0.15, 0.2) is 84.0 Å². The van der Waals surface area contributed by atoms with Crippen molar-refractivity contribution in [1.82, 2.24) is 4.98 Å². The highest BCUT2D eigenvalue weighted by molar-refractivity contribution is 5.78. The number of carbonyl (C=O) groups excluding carboxylic acids is 1. The Hall–Kier alpha value is -3.24. The molecule has 0 radical (unpaired) electrons. The Morgan fingerprint density at radius 3 is 2.25 bits per heavy atom. The number of ether oxygens (including phenoxy) is 1. The van der Waals surface area contributed by atoms with Crippen molar-refractivity contribution < 1.29 is 14.6 Å². The first-order valence-corrected chi connectivity index (χ1v) is 10.9. The third kappa shape index (κ3) is 8.12. The zero-order valence-corrected chi connectivity index (χ0v) is 19.7. The van der Waals surface area contributed by atoms with E-state index in [4.69, 9.17) is 14.6 Å². The van der Waals surface area contributed by atoms with Gasteiger partial charge in [-0.15, -0.1) is 0 Å². The van der Waals surface area contributed by atoms with Crippen LogP contribution in [0.1, 0.15) is 44.9 Å². The molecule has 0 unspecified atom stereocenters. The fraction of sp³-hybridized carbons (Fsp3) is 0.286. The van der Waals surface area contributed by atoms with Gasteiger partial charge < -0.3 is 14.6 Å². The summed E-state index contributed by atoms with van der Waals surface area (Å²) in [5, 5.41) is 8.15. The first-order chi connectivity index (χ1) is 15.8. The SMILES string of the molecule is C=O.CC.CC1=CCCC=C1Cc1ccc(OCc2ccc3ccccc3n2)cc1.CO. The Kier molecular flexibility index (Phi) is 13.0. The normalized spacial score (nSPS) is 11.9. The zero-order chi connectivity index (χ0) is 23.8. The van der Waals surface area contributed by atoms with Crippen molar-refractivity contribution in [3.8, 4) is 5.75 Å². The van der Waals surface area contributed by atoms with Crippen LogP contribution in [0.3, 0.4) is 0 Å². The van der Waals surface area contributed by atoms with Gasteiger partial charge >= 0.3 is 0 Å². The smallest absolute Gasteiger partial charge is 0.130 e. The standard InChI is InChI=1S/C24H23NO.C2H6.CH4O.CH2O/c1-18-6-2-3-8-21(18)16-19-10-14-23(15-11-19)26-17-22-13-12-20-7-4-5-9-24(20)25-22;3*1-2/h4-15H,2-3,16-17H2,1H3;1-2H3;2H,1H3;1H2. The average molecular weight is 434 g/mol. The third-order valence-electron chi connectivity index (χ3n) is 4.88. The molecular formula is C28H35NO3. The van der Waals surface area contributed by atoms with Crippen molar-refractivity contribution in [1.29, 1.82) is 0 Å². The van der Waals surface area contributed by atoms with Crippen molar-refractivity contribution in [2.45, 2.75) is 46.6 Å². The van der Waals surface area contributed by atoms with Crippen LogP contribution < -0.4 is 4.74 Å². The first-order valence-electron chi connectivity index (χ1n) is 10.9. The maximum Gasteiger partial charge on any atom is 0.130 e. The van der Waals surface area contributed by atoms with E-state index in [0.717, 1.165) is 42.3 Å². The molecule has 1 heterocycles. The Bertz CT molecular complexity index is 991. The molecule has 0 aliphatic heterocycles. The van der Waals surface area contributed by atoms with Gasteiger partial charge in [0.25, 0.3) is 0 Å². The first kappa shape index (κ1) is 26.8. The Morgan fingerprint density at radius 2 is 1.56 bits per heavy atom. The Labute approximate surface area is 192 Å². The lowest BCUT2D eigenvalue weighted by Crippen LogP contribution is -1.99. The topological polar surface area (TPSA) is 59.4 Å². The van der Waals surface area contributed by atoms with E-state index < -0.39 is 0 Å². The van der Waals surface area contributed by atoms with Crippen molar-refractivity contribution in [3.05, 3.63) is 95.2 Å². The van der Waals surface area contributed by atoms with Crippen molar-refractivity contribution in [2.24, 2.45) is 0 Å². The van der Waals surface area contributed by atoms with Gasteiger partial charge in [0.15, 0.2) is 0 Å². The number of aliphatic hydroxyl groups is 1. The molecule has 32 heavy (non-hydrogen) atoms. The lowest BCUT2D eigenvalue weighted by Gasteiger charge is -2.13. The summed E-state index contributed by atoms with van der Waals surface area (Å²) in [5.41, 5.74) is 6.14. The van der Waals surface area contributed by atoms with Gasteiger partial charge in [-0.05, 0) is 61.6 Å². The van der Waals surface area contributed by atoms with E-state index in [1.54, 1.807) is 0 Å². The van der Waals surface area contributed by atoms with Crippen LogP contribution in [0.5, 0.6) is 5.75 Å². The fourth-order valence-corrected chi connectivity index (χ4v) is 3.33. The Balaban J connectivity index is 0.000000789. The van der Waals surface area contributed by atoms with Gasteiger partial charge in [0, 0.05) is 12.5 Å². The maximum absolute atomic E-state index is 8.00. The molecule has 0 amide bonds. The van der Waals surface area contributed by atoms with Crippen LogP contribution in [0.2, 0.25) is 0 Å². The lowest BCUT2D eigenvalue weighted by atomic mass is 9.93. The summed E-state index contributed by atoms with van der Waals surface area (Å²) in [4.78, 5) is 12.7. The van der Waals surface area contributed by atoms with Crippen LogP contribution in [0.25, 0.3) is 10.9 Å². The molecule has 170 valence electrons. The van der Waals surface area contributed by atoms with Crippen molar-refractivity contribution in [2.75, 3.05) is 7.11 Å². The number of pyridine rings is 1. The van der Waals surface area contributed by atoms with Gasteiger partial charge in [-0.3, -0.25) is 0 Å².